The van der Waals surface area contributed by atoms with E-state index in [1.807, 2.05) is 6.92 Å². The van der Waals surface area contributed by atoms with Crippen LogP contribution in [0.5, 0.6) is 5.75 Å². The monoisotopic (exact) mass is 312 g/mol. The molecule has 124 valence electrons. The van der Waals surface area contributed by atoms with Crippen molar-refractivity contribution in [2.75, 3.05) is 7.11 Å². The van der Waals surface area contributed by atoms with Crippen molar-refractivity contribution in [3.05, 3.63) is 41.0 Å². The SMILES string of the molecule is COc1ccc2c(c1)CC[C@@H]1[C@@H]2CC[C@]2(C)C([C@H](C)O)=CC[C@@H]12. The molecule has 0 amide bonds. The Morgan fingerprint density at radius 2 is 2.13 bits per heavy atom. The molecular formula is C21H28O2. The Morgan fingerprint density at radius 1 is 1.30 bits per heavy atom. The maximum atomic E-state index is 10.2. The lowest BCUT2D eigenvalue weighted by Crippen LogP contribution is -2.42. The van der Waals surface area contributed by atoms with E-state index >= 15 is 0 Å². The highest BCUT2D eigenvalue weighted by atomic mass is 16.5. The number of ether oxygens (including phenoxy) is 1. The highest BCUT2D eigenvalue weighted by Crippen LogP contribution is 2.61. The molecule has 1 saturated carbocycles. The molecule has 5 atom stereocenters. The number of methoxy groups -OCH3 is 1. The summed E-state index contributed by atoms with van der Waals surface area (Å²) in [5, 5.41) is 10.2. The van der Waals surface area contributed by atoms with Crippen LogP contribution in [0, 0.1) is 17.3 Å². The van der Waals surface area contributed by atoms with Crippen LogP contribution in [0.15, 0.2) is 29.8 Å². The molecule has 3 aliphatic rings. The normalized spacial score (nSPS) is 36.5. The third-order valence-electron chi connectivity index (χ3n) is 7.02. The molecule has 1 aromatic carbocycles. The van der Waals surface area contributed by atoms with Gasteiger partial charge in [0.05, 0.1) is 13.2 Å². The summed E-state index contributed by atoms with van der Waals surface area (Å²) in [6, 6.07) is 6.68. The zero-order valence-corrected chi connectivity index (χ0v) is 14.5. The Balaban J connectivity index is 1.66. The summed E-state index contributed by atoms with van der Waals surface area (Å²) in [4.78, 5) is 0. The lowest BCUT2D eigenvalue weighted by molar-refractivity contribution is 0.0581. The Labute approximate surface area is 139 Å². The summed E-state index contributed by atoms with van der Waals surface area (Å²) in [5.74, 6) is 3.16. The van der Waals surface area contributed by atoms with Gasteiger partial charge in [-0.1, -0.05) is 19.1 Å². The van der Waals surface area contributed by atoms with Crippen LogP contribution in [0.1, 0.15) is 56.6 Å². The average molecular weight is 312 g/mol. The van der Waals surface area contributed by atoms with Crippen molar-refractivity contribution >= 4 is 0 Å². The molecule has 1 aromatic rings. The lowest BCUT2D eigenvalue weighted by Gasteiger charge is -2.50. The third-order valence-corrected chi connectivity index (χ3v) is 7.02. The predicted octanol–water partition coefficient (Wildman–Crippen LogP) is 4.47. The summed E-state index contributed by atoms with van der Waals surface area (Å²) < 4.78 is 5.41. The standard InChI is InChI=1S/C21H28O2/c1-13(22)19-8-9-20-18-6-4-14-12-15(23-3)5-7-16(14)17(18)10-11-21(19,20)2/h5,7-8,12-13,17-18,20,22H,4,6,9-11H2,1-3H3/t13-,17+,18+,20-,21+/m0/s1. The van der Waals surface area contributed by atoms with Crippen LogP contribution in [0.25, 0.3) is 0 Å². The number of hydrogen-bond donors (Lipinski definition) is 1. The molecule has 1 fully saturated rings. The summed E-state index contributed by atoms with van der Waals surface area (Å²) in [6.45, 7) is 4.34. The average Bonchev–Trinajstić information content (AvgIpc) is 2.91. The molecule has 4 rings (SSSR count). The van der Waals surface area contributed by atoms with E-state index < -0.39 is 0 Å². The number of rotatable bonds is 2. The van der Waals surface area contributed by atoms with Crippen LogP contribution in [-0.4, -0.2) is 18.3 Å². The van der Waals surface area contributed by atoms with Crippen molar-refractivity contribution in [1.29, 1.82) is 0 Å². The highest BCUT2D eigenvalue weighted by molar-refractivity contribution is 5.41. The van der Waals surface area contributed by atoms with Crippen LogP contribution in [0.3, 0.4) is 0 Å². The number of aryl methyl sites for hydroxylation is 1. The van der Waals surface area contributed by atoms with Crippen LogP contribution in [0.2, 0.25) is 0 Å². The van der Waals surface area contributed by atoms with E-state index in [1.165, 1.54) is 36.8 Å². The van der Waals surface area contributed by atoms with E-state index in [9.17, 15) is 5.11 Å². The van der Waals surface area contributed by atoms with E-state index in [0.29, 0.717) is 11.8 Å². The van der Waals surface area contributed by atoms with Gasteiger partial charge in [0, 0.05) is 0 Å². The Bertz CT molecular complexity index is 645. The minimum atomic E-state index is -0.290. The van der Waals surface area contributed by atoms with Crippen molar-refractivity contribution in [2.45, 2.75) is 58.0 Å². The van der Waals surface area contributed by atoms with Gasteiger partial charge in [-0.2, -0.15) is 0 Å². The first kappa shape index (κ1) is 15.3. The minimum Gasteiger partial charge on any atom is -0.497 e. The lowest BCUT2D eigenvalue weighted by atomic mass is 9.54. The Hall–Kier alpha value is -1.28. The van der Waals surface area contributed by atoms with E-state index in [2.05, 4.69) is 31.2 Å². The van der Waals surface area contributed by atoms with Gasteiger partial charge in [0.1, 0.15) is 5.75 Å². The van der Waals surface area contributed by atoms with E-state index in [0.717, 1.165) is 18.1 Å². The Morgan fingerprint density at radius 3 is 2.87 bits per heavy atom. The van der Waals surface area contributed by atoms with Gasteiger partial charge in [0.25, 0.3) is 0 Å². The van der Waals surface area contributed by atoms with Gasteiger partial charge in [-0.15, -0.1) is 0 Å². The largest absolute Gasteiger partial charge is 0.497 e. The van der Waals surface area contributed by atoms with Gasteiger partial charge in [-0.25, -0.2) is 0 Å². The van der Waals surface area contributed by atoms with Crippen molar-refractivity contribution in [3.63, 3.8) is 0 Å². The third kappa shape index (κ3) is 2.18. The molecule has 0 heterocycles. The van der Waals surface area contributed by atoms with Gasteiger partial charge in [0.15, 0.2) is 0 Å². The molecule has 0 saturated heterocycles. The molecule has 3 aliphatic carbocycles. The second-order valence-electron chi connectivity index (χ2n) is 8.01. The van der Waals surface area contributed by atoms with Crippen molar-refractivity contribution in [3.8, 4) is 5.75 Å². The minimum absolute atomic E-state index is 0.222. The molecule has 23 heavy (non-hydrogen) atoms. The number of aliphatic hydroxyl groups excluding tert-OH is 1. The zero-order valence-electron chi connectivity index (χ0n) is 14.5. The van der Waals surface area contributed by atoms with Crippen molar-refractivity contribution in [2.24, 2.45) is 17.3 Å². The number of aliphatic hydroxyl groups is 1. The summed E-state index contributed by atoms with van der Waals surface area (Å²) in [7, 11) is 1.75. The smallest absolute Gasteiger partial charge is 0.119 e. The number of fused-ring (bicyclic) bond motifs is 5. The first-order valence-electron chi connectivity index (χ1n) is 9.10. The topological polar surface area (TPSA) is 29.5 Å². The van der Waals surface area contributed by atoms with Crippen LogP contribution in [-0.2, 0) is 6.42 Å². The fraction of sp³-hybridized carbons (Fsp3) is 0.619. The van der Waals surface area contributed by atoms with Crippen molar-refractivity contribution in [1.82, 2.24) is 0 Å². The molecule has 0 radical (unpaired) electrons. The molecule has 0 bridgehead atoms. The van der Waals surface area contributed by atoms with Crippen LogP contribution in [0.4, 0.5) is 0 Å². The molecule has 0 aromatic heterocycles. The van der Waals surface area contributed by atoms with Gasteiger partial charge in [-0.3, -0.25) is 0 Å². The fourth-order valence-corrected chi connectivity index (χ4v) is 5.93. The van der Waals surface area contributed by atoms with Crippen molar-refractivity contribution < 1.29 is 9.84 Å². The number of allylic oxidation sites excluding steroid dienone is 1. The van der Waals surface area contributed by atoms with Gasteiger partial charge >= 0.3 is 0 Å². The maximum absolute atomic E-state index is 10.2. The predicted molar refractivity (Wildman–Crippen MR) is 92.8 cm³/mol. The number of hydrogen-bond acceptors (Lipinski definition) is 2. The van der Waals surface area contributed by atoms with Crippen LogP contribution >= 0.6 is 0 Å². The molecule has 0 unspecified atom stereocenters. The first-order valence-corrected chi connectivity index (χ1v) is 9.10. The van der Waals surface area contributed by atoms with E-state index in [-0.39, 0.29) is 11.5 Å². The summed E-state index contributed by atoms with van der Waals surface area (Å²) in [6.07, 6.45) is 8.13. The Kier molecular flexibility index (Phi) is 3.57. The first-order chi connectivity index (χ1) is 11.0. The highest BCUT2D eigenvalue weighted by Gasteiger charge is 2.52. The molecule has 2 nitrogen and oxygen atoms in total. The van der Waals surface area contributed by atoms with E-state index in [1.54, 1.807) is 12.7 Å². The molecular weight excluding hydrogens is 284 g/mol. The van der Waals surface area contributed by atoms with Gasteiger partial charge < -0.3 is 9.84 Å². The van der Waals surface area contributed by atoms with E-state index in [4.69, 9.17) is 4.74 Å². The second kappa shape index (κ2) is 5.37. The number of benzene rings is 1. The fourth-order valence-electron chi connectivity index (χ4n) is 5.93. The summed E-state index contributed by atoms with van der Waals surface area (Å²) >= 11 is 0. The van der Waals surface area contributed by atoms with Gasteiger partial charge in [-0.05, 0) is 91.0 Å². The molecule has 1 N–H and O–H groups in total. The van der Waals surface area contributed by atoms with Gasteiger partial charge in [0.2, 0.25) is 0 Å². The quantitative estimate of drug-likeness (QED) is 0.817. The van der Waals surface area contributed by atoms with Crippen LogP contribution < -0.4 is 4.74 Å². The second-order valence-corrected chi connectivity index (χ2v) is 8.01. The molecule has 2 heteroatoms. The molecule has 0 aliphatic heterocycles. The maximum Gasteiger partial charge on any atom is 0.119 e. The summed E-state index contributed by atoms with van der Waals surface area (Å²) in [5.41, 5.74) is 4.59. The molecule has 0 spiro atoms. The zero-order chi connectivity index (χ0) is 16.2.